The molecule has 1 amide bonds. The summed E-state index contributed by atoms with van der Waals surface area (Å²) in [4.78, 5) is 43.7. The zero-order valence-corrected chi connectivity index (χ0v) is 18.5. The Bertz CT molecular complexity index is 1260. The third-order valence-electron chi connectivity index (χ3n) is 5.34. The molecule has 4 rings (SSSR count). The van der Waals surface area contributed by atoms with Gasteiger partial charge in [0.2, 0.25) is 16.7 Å². The molecule has 1 aliphatic heterocycles. The van der Waals surface area contributed by atoms with Gasteiger partial charge < -0.3 is 15.4 Å². The Morgan fingerprint density at radius 1 is 1.31 bits per heavy atom. The van der Waals surface area contributed by atoms with E-state index in [0.29, 0.717) is 27.5 Å². The maximum absolute atomic E-state index is 12.7. The van der Waals surface area contributed by atoms with Gasteiger partial charge >= 0.3 is 0 Å². The van der Waals surface area contributed by atoms with Crippen molar-refractivity contribution in [2.24, 2.45) is 0 Å². The van der Waals surface area contributed by atoms with Crippen molar-refractivity contribution in [1.82, 2.24) is 19.5 Å². The molecule has 1 aliphatic carbocycles. The Balaban J connectivity index is 1.71. The van der Waals surface area contributed by atoms with Crippen LogP contribution in [0.5, 0.6) is 0 Å². The van der Waals surface area contributed by atoms with Crippen LogP contribution in [0.1, 0.15) is 29.8 Å². The second kappa shape index (κ2) is 8.91. The fourth-order valence-electron chi connectivity index (χ4n) is 3.73. The van der Waals surface area contributed by atoms with Gasteiger partial charge in [0, 0.05) is 18.7 Å². The highest BCUT2D eigenvalue weighted by Crippen LogP contribution is 2.25. The summed E-state index contributed by atoms with van der Waals surface area (Å²) in [5, 5.41) is 4.96. The molecule has 10 heteroatoms. The van der Waals surface area contributed by atoms with E-state index in [1.165, 1.54) is 23.0 Å². The summed E-state index contributed by atoms with van der Waals surface area (Å²) in [6, 6.07) is 0. The topological polar surface area (TPSA) is 120 Å². The third kappa shape index (κ3) is 4.13. The zero-order chi connectivity index (χ0) is 22.8. The number of carbonyl (C=O) groups excluding carboxylic acids is 2. The number of hydrogen-bond donors (Lipinski definition) is 1. The van der Waals surface area contributed by atoms with Gasteiger partial charge in [-0.2, -0.15) is 14.6 Å². The molecule has 0 atom stereocenters. The van der Waals surface area contributed by atoms with Crippen LogP contribution in [0.2, 0.25) is 0 Å². The number of fused-ring (bicyclic) bond motifs is 1. The van der Waals surface area contributed by atoms with Gasteiger partial charge in [-0.15, -0.1) is 6.58 Å². The Morgan fingerprint density at radius 2 is 2.06 bits per heavy atom. The van der Waals surface area contributed by atoms with Gasteiger partial charge in [0.15, 0.2) is 5.76 Å². The van der Waals surface area contributed by atoms with Gasteiger partial charge in [-0.25, -0.2) is 0 Å². The summed E-state index contributed by atoms with van der Waals surface area (Å²) < 4.78 is 6.56. The summed E-state index contributed by atoms with van der Waals surface area (Å²) in [5.41, 5.74) is 6.96. The lowest BCUT2D eigenvalue weighted by Gasteiger charge is -2.14. The molecule has 2 N–H and O–H groups in total. The predicted octanol–water partition coefficient (Wildman–Crippen LogP) is 1.90. The maximum Gasteiger partial charge on any atom is 0.283 e. The van der Waals surface area contributed by atoms with E-state index in [1.807, 2.05) is 4.90 Å². The number of ether oxygens (including phenoxy) is 1. The number of nitrogens with two attached hydrogens (primary N) is 1. The van der Waals surface area contributed by atoms with Crippen LogP contribution in [0.15, 0.2) is 46.5 Å². The van der Waals surface area contributed by atoms with Crippen molar-refractivity contribution in [3.05, 3.63) is 62.6 Å². The lowest BCUT2D eigenvalue weighted by molar-refractivity contribution is -0.129. The summed E-state index contributed by atoms with van der Waals surface area (Å²) in [7, 11) is 1.41. The van der Waals surface area contributed by atoms with E-state index in [9.17, 15) is 14.4 Å². The molecule has 0 bridgehead atoms. The van der Waals surface area contributed by atoms with Crippen LogP contribution in [0.25, 0.3) is 11.0 Å². The minimum absolute atomic E-state index is 0.00871. The van der Waals surface area contributed by atoms with Crippen LogP contribution < -0.4 is 11.3 Å². The van der Waals surface area contributed by atoms with Crippen molar-refractivity contribution in [2.45, 2.75) is 25.7 Å². The molecule has 2 aliphatic rings. The largest absolute Gasteiger partial charge is 0.493 e. The molecule has 2 aromatic rings. The Kier molecular flexibility index (Phi) is 6.04. The van der Waals surface area contributed by atoms with Gasteiger partial charge in [-0.3, -0.25) is 14.4 Å². The standard InChI is InChI=1S/C22H23N5O4S/c1-3-6-14-9-13(11-16(31-2)19(14)29)10-15-20(23)27-22(24-21(15)30)32-17(25-27)12-18(28)26-7-4-5-8-26/h3,9-11H,1,4-8,12,23H2,2H3/b13-10+. The number of aromatic nitrogens is 3. The number of nitrogens with zero attached hydrogens (tertiary/aromatic N) is 4. The molecule has 1 fully saturated rings. The van der Waals surface area contributed by atoms with Crippen molar-refractivity contribution in [3.63, 3.8) is 0 Å². The normalized spacial score (nSPS) is 17.6. The number of allylic oxidation sites excluding steroid dienone is 5. The number of amides is 1. The second-order valence-electron chi connectivity index (χ2n) is 7.52. The summed E-state index contributed by atoms with van der Waals surface area (Å²) >= 11 is 1.17. The number of carbonyl (C=O) groups is 2. The van der Waals surface area contributed by atoms with Crippen molar-refractivity contribution in [1.29, 1.82) is 0 Å². The SMILES string of the molecule is C=CCC1=C/C(=C\c2c(N)n3nc(CC(=O)N4CCCC4)sc3nc2=O)C=C(OC)C1=O. The smallest absolute Gasteiger partial charge is 0.283 e. The van der Waals surface area contributed by atoms with Crippen molar-refractivity contribution < 1.29 is 14.3 Å². The van der Waals surface area contributed by atoms with E-state index >= 15 is 0 Å². The number of Topliss-reactive ketones (excluding diaryl/α,β-unsaturated/α-hetero) is 1. The van der Waals surface area contributed by atoms with E-state index in [0.717, 1.165) is 25.9 Å². The fraction of sp³-hybridized carbons (Fsp3) is 0.318. The minimum atomic E-state index is -0.515. The Hall–Kier alpha value is -3.53. The van der Waals surface area contributed by atoms with Gasteiger partial charge in [-0.1, -0.05) is 17.4 Å². The number of methoxy groups -OCH3 is 1. The molecular formula is C22H23N5O4S. The molecule has 0 unspecified atom stereocenters. The monoisotopic (exact) mass is 453 g/mol. The highest BCUT2D eigenvalue weighted by Gasteiger charge is 2.22. The molecule has 0 aromatic carbocycles. The highest BCUT2D eigenvalue weighted by atomic mass is 32.1. The molecule has 166 valence electrons. The van der Waals surface area contributed by atoms with Crippen LogP contribution in [0.3, 0.4) is 0 Å². The molecule has 9 nitrogen and oxygen atoms in total. The lowest BCUT2D eigenvalue weighted by Crippen LogP contribution is -2.29. The number of rotatable bonds is 6. The van der Waals surface area contributed by atoms with Gasteiger partial charge in [0.05, 0.1) is 19.1 Å². The number of likely N-dealkylation sites (tertiary alicyclic amines) is 1. The summed E-state index contributed by atoms with van der Waals surface area (Å²) in [6.45, 7) is 5.20. The molecule has 2 aromatic heterocycles. The molecule has 0 radical (unpaired) electrons. The van der Waals surface area contributed by atoms with Crippen LogP contribution in [-0.2, 0) is 20.7 Å². The first-order valence-corrected chi connectivity index (χ1v) is 11.0. The van der Waals surface area contributed by atoms with Gasteiger partial charge in [0.25, 0.3) is 5.56 Å². The van der Waals surface area contributed by atoms with Crippen molar-refractivity contribution in [3.8, 4) is 0 Å². The van der Waals surface area contributed by atoms with Gasteiger partial charge in [0.1, 0.15) is 10.8 Å². The van der Waals surface area contributed by atoms with Gasteiger partial charge in [-0.05, 0) is 43.1 Å². The summed E-state index contributed by atoms with van der Waals surface area (Å²) in [6.07, 6.45) is 8.93. The molecule has 3 heterocycles. The van der Waals surface area contributed by atoms with Crippen LogP contribution in [0.4, 0.5) is 5.82 Å². The average molecular weight is 454 g/mol. The molecule has 1 saturated heterocycles. The van der Waals surface area contributed by atoms with Crippen LogP contribution in [-0.4, -0.2) is 51.4 Å². The number of hydrogen-bond acceptors (Lipinski definition) is 8. The first-order chi connectivity index (χ1) is 15.4. The average Bonchev–Trinajstić information content (AvgIpc) is 3.43. The molecule has 0 saturated carbocycles. The van der Waals surface area contributed by atoms with E-state index in [2.05, 4.69) is 16.7 Å². The minimum Gasteiger partial charge on any atom is -0.493 e. The third-order valence-corrected chi connectivity index (χ3v) is 6.25. The van der Waals surface area contributed by atoms with E-state index in [-0.39, 0.29) is 35.3 Å². The Labute approximate surface area is 188 Å². The molecular weight excluding hydrogens is 430 g/mol. The lowest BCUT2D eigenvalue weighted by atomic mass is 9.95. The maximum atomic E-state index is 12.7. The predicted molar refractivity (Wildman–Crippen MR) is 122 cm³/mol. The highest BCUT2D eigenvalue weighted by molar-refractivity contribution is 7.16. The quantitative estimate of drug-likeness (QED) is 0.663. The number of anilines is 1. The molecule has 32 heavy (non-hydrogen) atoms. The first kappa shape index (κ1) is 21.7. The number of ketones is 1. The van der Waals surface area contributed by atoms with Crippen molar-refractivity contribution in [2.75, 3.05) is 25.9 Å². The fourth-order valence-corrected chi connectivity index (χ4v) is 4.61. The van der Waals surface area contributed by atoms with E-state index in [1.54, 1.807) is 24.3 Å². The summed E-state index contributed by atoms with van der Waals surface area (Å²) in [5.74, 6) is 0.0651. The molecule has 0 spiro atoms. The van der Waals surface area contributed by atoms with E-state index < -0.39 is 5.56 Å². The Morgan fingerprint density at radius 3 is 2.75 bits per heavy atom. The van der Waals surface area contributed by atoms with Crippen LogP contribution in [0, 0.1) is 0 Å². The first-order valence-electron chi connectivity index (χ1n) is 10.2. The second-order valence-corrected chi connectivity index (χ2v) is 8.56. The van der Waals surface area contributed by atoms with Crippen molar-refractivity contribution >= 4 is 39.9 Å². The van der Waals surface area contributed by atoms with E-state index in [4.69, 9.17) is 10.5 Å². The zero-order valence-electron chi connectivity index (χ0n) is 17.7. The number of nitrogen functional groups attached to an aromatic ring is 1. The van der Waals surface area contributed by atoms with Crippen LogP contribution >= 0.6 is 11.3 Å².